The van der Waals surface area contributed by atoms with Crippen LogP contribution in [0.3, 0.4) is 0 Å². The van der Waals surface area contributed by atoms with Gasteiger partial charge in [0, 0.05) is 22.5 Å². The van der Waals surface area contributed by atoms with Crippen LogP contribution in [-0.4, -0.2) is 0 Å². The van der Waals surface area contributed by atoms with Crippen LogP contribution in [0.1, 0.15) is 0 Å². The van der Waals surface area contributed by atoms with Crippen molar-refractivity contribution in [2.75, 3.05) is 4.90 Å². The molecule has 0 aromatic heterocycles. The van der Waals surface area contributed by atoms with Gasteiger partial charge in [-0.2, -0.15) is 0 Å². The van der Waals surface area contributed by atoms with Crippen LogP contribution < -0.4 is 4.90 Å². The van der Waals surface area contributed by atoms with Crippen molar-refractivity contribution in [2.45, 2.75) is 0 Å². The number of benzene rings is 12. The predicted octanol–water partition coefficient (Wildman–Crippen LogP) is 19.1. The Morgan fingerprint density at radius 1 is 0.188 bits per heavy atom. The zero-order valence-corrected chi connectivity index (χ0v) is 38.1. The molecule has 0 N–H and O–H groups in total. The lowest BCUT2D eigenvalue weighted by Crippen LogP contribution is -2.12. The summed E-state index contributed by atoms with van der Waals surface area (Å²) >= 11 is 0. The first-order valence-electron chi connectivity index (χ1n) is 23.7. The van der Waals surface area contributed by atoms with E-state index in [4.69, 9.17) is 0 Å². The standard InChI is InChI=1S/C68H47N/c1-6-19-48(20-7-1)49-33-35-50(36-34-49)51-37-42-58(43-38-51)69(68-60(53-21-8-2-9-22-53)31-18-32-61(68)54-23-10-3-11-24-54)59-44-39-52(40-45-59)57-41-46-64-65(47-57)62-29-16-17-30-63(62)66(55-25-12-4-13-26-55)67(64)56-27-14-5-15-28-56/h1-47H. The minimum atomic E-state index is 1.07. The molecule has 1 heteroatoms. The maximum atomic E-state index is 2.45. The molecule has 0 saturated carbocycles. The van der Waals surface area contributed by atoms with Gasteiger partial charge in [-0.05, 0) is 119 Å². The molecule has 0 bridgehead atoms. The Kier molecular flexibility index (Phi) is 11.0. The molecule has 12 rings (SSSR count). The van der Waals surface area contributed by atoms with E-state index in [1.165, 1.54) is 71.6 Å². The van der Waals surface area contributed by atoms with E-state index < -0.39 is 0 Å². The molecule has 69 heavy (non-hydrogen) atoms. The predicted molar refractivity (Wildman–Crippen MR) is 294 cm³/mol. The molecule has 0 spiro atoms. The first-order valence-corrected chi connectivity index (χ1v) is 23.7. The van der Waals surface area contributed by atoms with E-state index in [9.17, 15) is 0 Å². The van der Waals surface area contributed by atoms with Crippen molar-refractivity contribution in [2.24, 2.45) is 0 Å². The van der Waals surface area contributed by atoms with E-state index in [-0.39, 0.29) is 0 Å². The molecular formula is C68H47N. The lowest BCUT2D eigenvalue weighted by atomic mass is 9.84. The Bertz CT molecular complexity index is 3640. The fraction of sp³-hybridized carbons (Fsp3) is 0. The van der Waals surface area contributed by atoms with Gasteiger partial charge >= 0.3 is 0 Å². The quantitative estimate of drug-likeness (QED) is 0.124. The number of fused-ring (bicyclic) bond motifs is 3. The third kappa shape index (κ3) is 7.97. The summed E-state index contributed by atoms with van der Waals surface area (Å²) in [6, 6.07) is 104. The van der Waals surface area contributed by atoms with Crippen molar-refractivity contribution >= 4 is 38.6 Å². The van der Waals surface area contributed by atoms with Gasteiger partial charge < -0.3 is 4.90 Å². The van der Waals surface area contributed by atoms with Gasteiger partial charge in [0.25, 0.3) is 0 Å². The molecule has 0 radical (unpaired) electrons. The van der Waals surface area contributed by atoms with Crippen LogP contribution in [0.4, 0.5) is 17.1 Å². The molecule has 1 nitrogen and oxygen atoms in total. The highest BCUT2D eigenvalue weighted by Crippen LogP contribution is 2.49. The van der Waals surface area contributed by atoms with Crippen molar-refractivity contribution in [1.82, 2.24) is 0 Å². The number of hydrogen-bond donors (Lipinski definition) is 0. The lowest BCUT2D eigenvalue weighted by molar-refractivity contribution is 1.28. The molecule has 0 aliphatic heterocycles. The maximum Gasteiger partial charge on any atom is 0.0618 e. The van der Waals surface area contributed by atoms with E-state index >= 15 is 0 Å². The SMILES string of the molecule is c1ccc(-c2ccc(-c3ccc(N(c4ccc(-c5ccc6c(-c7ccccc7)c(-c7ccccc7)c7ccccc7c6c5)cc4)c4c(-c5ccccc5)cccc4-c4ccccc4)cc3)cc2)cc1. The van der Waals surface area contributed by atoms with E-state index in [1.807, 2.05) is 0 Å². The molecule has 0 heterocycles. The van der Waals surface area contributed by atoms with E-state index in [0.717, 1.165) is 44.9 Å². The van der Waals surface area contributed by atoms with Crippen LogP contribution in [0, 0.1) is 0 Å². The van der Waals surface area contributed by atoms with Crippen LogP contribution >= 0.6 is 0 Å². The maximum absolute atomic E-state index is 2.45. The Balaban J connectivity index is 1.00. The molecule has 324 valence electrons. The second-order valence-corrected chi connectivity index (χ2v) is 17.6. The molecule has 0 unspecified atom stereocenters. The normalized spacial score (nSPS) is 11.2. The largest absolute Gasteiger partial charge is 0.309 e. The summed E-state index contributed by atoms with van der Waals surface area (Å²) in [4.78, 5) is 2.45. The highest BCUT2D eigenvalue weighted by atomic mass is 15.1. The fourth-order valence-corrected chi connectivity index (χ4v) is 10.2. The molecule has 0 atom stereocenters. The highest BCUT2D eigenvalue weighted by molar-refractivity contribution is 6.22. The first kappa shape index (κ1) is 41.4. The van der Waals surface area contributed by atoms with Crippen molar-refractivity contribution in [3.63, 3.8) is 0 Å². The Morgan fingerprint density at radius 2 is 0.507 bits per heavy atom. The number of hydrogen-bond acceptors (Lipinski definition) is 1. The summed E-state index contributed by atoms with van der Waals surface area (Å²) in [5.41, 5.74) is 20.0. The van der Waals surface area contributed by atoms with Crippen molar-refractivity contribution in [3.8, 4) is 77.9 Å². The molecule has 0 aliphatic carbocycles. The molecule has 0 amide bonds. The third-order valence-electron chi connectivity index (χ3n) is 13.5. The summed E-state index contributed by atoms with van der Waals surface area (Å²) in [7, 11) is 0. The molecular weight excluding hydrogens is 831 g/mol. The smallest absolute Gasteiger partial charge is 0.0618 e. The first-order chi connectivity index (χ1) is 34.2. The minimum absolute atomic E-state index is 1.07. The zero-order valence-electron chi connectivity index (χ0n) is 38.1. The molecule has 0 aliphatic rings. The van der Waals surface area contributed by atoms with Gasteiger partial charge in [-0.1, -0.05) is 255 Å². The van der Waals surface area contributed by atoms with Crippen LogP contribution in [0.2, 0.25) is 0 Å². The van der Waals surface area contributed by atoms with Gasteiger partial charge in [0.05, 0.1) is 5.69 Å². The fourth-order valence-electron chi connectivity index (χ4n) is 10.2. The van der Waals surface area contributed by atoms with Crippen LogP contribution in [-0.2, 0) is 0 Å². The number of nitrogens with zero attached hydrogens (tertiary/aromatic N) is 1. The Morgan fingerprint density at radius 3 is 0.957 bits per heavy atom. The van der Waals surface area contributed by atoms with Crippen molar-refractivity contribution in [1.29, 1.82) is 0 Å². The van der Waals surface area contributed by atoms with E-state index in [1.54, 1.807) is 0 Å². The monoisotopic (exact) mass is 877 g/mol. The average molecular weight is 878 g/mol. The average Bonchev–Trinajstić information content (AvgIpc) is 3.44. The van der Waals surface area contributed by atoms with Crippen LogP contribution in [0.5, 0.6) is 0 Å². The summed E-state index contributed by atoms with van der Waals surface area (Å²) in [6.45, 7) is 0. The summed E-state index contributed by atoms with van der Waals surface area (Å²) in [5, 5.41) is 4.98. The number of para-hydroxylation sites is 1. The van der Waals surface area contributed by atoms with Crippen LogP contribution in [0.25, 0.3) is 99.4 Å². The molecule has 12 aromatic rings. The zero-order chi connectivity index (χ0) is 45.9. The van der Waals surface area contributed by atoms with Gasteiger partial charge in [0.2, 0.25) is 0 Å². The summed E-state index contributed by atoms with van der Waals surface area (Å²) in [6.07, 6.45) is 0. The van der Waals surface area contributed by atoms with Gasteiger partial charge in [-0.15, -0.1) is 0 Å². The molecule has 12 aromatic carbocycles. The Labute approximate surface area is 404 Å². The third-order valence-corrected chi connectivity index (χ3v) is 13.5. The summed E-state index contributed by atoms with van der Waals surface area (Å²) < 4.78 is 0. The van der Waals surface area contributed by atoms with E-state index in [2.05, 4.69) is 290 Å². The van der Waals surface area contributed by atoms with Gasteiger partial charge in [0.15, 0.2) is 0 Å². The van der Waals surface area contributed by atoms with Gasteiger partial charge in [-0.3, -0.25) is 0 Å². The minimum Gasteiger partial charge on any atom is -0.309 e. The van der Waals surface area contributed by atoms with Crippen LogP contribution in [0.15, 0.2) is 285 Å². The second-order valence-electron chi connectivity index (χ2n) is 17.6. The van der Waals surface area contributed by atoms with Gasteiger partial charge in [0.1, 0.15) is 0 Å². The number of rotatable bonds is 10. The topological polar surface area (TPSA) is 3.24 Å². The lowest BCUT2D eigenvalue weighted by Gasteiger charge is -2.30. The van der Waals surface area contributed by atoms with Crippen molar-refractivity contribution < 1.29 is 0 Å². The highest BCUT2D eigenvalue weighted by Gasteiger charge is 2.23. The summed E-state index contributed by atoms with van der Waals surface area (Å²) in [5.74, 6) is 0. The Hall–Kier alpha value is -9.04. The van der Waals surface area contributed by atoms with E-state index in [0.29, 0.717) is 0 Å². The number of anilines is 3. The van der Waals surface area contributed by atoms with Gasteiger partial charge in [-0.25, -0.2) is 0 Å². The molecule has 0 saturated heterocycles. The van der Waals surface area contributed by atoms with Crippen molar-refractivity contribution in [3.05, 3.63) is 285 Å². The second kappa shape index (κ2) is 18.3. The molecule has 0 fully saturated rings.